The van der Waals surface area contributed by atoms with E-state index >= 15 is 0 Å². The number of fused-ring (bicyclic) bond motifs is 1. The standard InChI is InChI=1S/C10H13N5O5/c11-10-14-7-4(12-2-13-7)8(19)15(10)9-6(18)5(17)3(1-16)20-9/h2-3,5-6,9,16-18H,1H2,(H2,11,14)(H,12,13)/t3-,5-,6+,9-/m1/s1. The van der Waals surface area contributed by atoms with Crippen molar-refractivity contribution in [2.24, 2.45) is 0 Å². The lowest BCUT2D eigenvalue weighted by molar-refractivity contribution is -0.0534. The lowest BCUT2D eigenvalue weighted by Gasteiger charge is -2.18. The first-order valence-electron chi connectivity index (χ1n) is 5.88. The van der Waals surface area contributed by atoms with E-state index in [9.17, 15) is 15.0 Å². The quantitative estimate of drug-likeness (QED) is 0.398. The molecule has 108 valence electrons. The van der Waals surface area contributed by atoms with Crippen molar-refractivity contribution in [1.82, 2.24) is 19.5 Å². The van der Waals surface area contributed by atoms with Gasteiger partial charge in [0.05, 0.1) is 12.9 Å². The number of aliphatic hydroxyl groups excluding tert-OH is 3. The molecule has 0 radical (unpaired) electrons. The molecule has 1 aliphatic rings. The van der Waals surface area contributed by atoms with Crippen molar-refractivity contribution >= 4 is 17.1 Å². The predicted octanol–water partition coefficient (Wildman–Crippen LogP) is -2.69. The van der Waals surface area contributed by atoms with Gasteiger partial charge in [-0.25, -0.2) is 9.55 Å². The minimum atomic E-state index is -1.41. The maximum absolute atomic E-state index is 12.3. The molecule has 2 aromatic heterocycles. The fraction of sp³-hybridized carbons (Fsp3) is 0.500. The normalized spacial score (nSPS) is 30.1. The fourth-order valence-electron chi connectivity index (χ4n) is 2.26. The molecule has 1 fully saturated rings. The summed E-state index contributed by atoms with van der Waals surface area (Å²) < 4.78 is 6.19. The van der Waals surface area contributed by atoms with E-state index in [-0.39, 0.29) is 17.1 Å². The van der Waals surface area contributed by atoms with Gasteiger partial charge in [-0.3, -0.25) is 4.79 Å². The molecule has 0 aromatic carbocycles. The Morgan fingerprint density at radius 1 is 1.45 bits per heavy atom. The van der Waals surface area contributed by atoms with Crippen LogP contribution in [0.1, 0.15) is 6.23 Å². The molecule has 0 bridgehead atoms. The van der Waals surface area contributed by atoms with E-state index in [0.29, 0.717) is 0 Å². The summed E-state index contributed by atoms with van der Waals surface area (Å²) in [6.45, 7) is -0.497. The predicted molar refractivity (Wildman–Crippen MR) is 65.6 cm³/mol. The Morgan fingerprint density at radius 3 is 2.85 bits per heavy atom. The number of aliphatic hydroxyl groups is 3. The second-order valence-electron chi connectivity index (χ2n) is 4.48. The highest BCUT2D eigenvalue weighted by Crippen LogP contribution is 2.29. The molecule has 0 spiro atoms. The zero-order valence-corrected chi connectivity index (χ0v) is 10.2. The summed E-state index contributed by atoms with van der Waals surface area (Å²) >= 11 is 0. The number of rotatable bonds is 2. The molecule has 0 saturated carbocycles. The largest absolute Gasteiger partial charge is 0.394 e. The number of nitrogens with two attached hydrogens (primary N) is 1. The molecule has 0 unspecified atom stereocenters. The van der Waals surface area contributed by atoms with Gasteiger partial charge in [-0.1, -0.05) is 0 Å². The van der Waals surface area contributed by atoms with Crippen LogP contribution in [-0.2, 0) is 4.74 Å². The van der Waals surface area contributed by atoms with Gasteiger partial charge < -0.3 is 30.8 Å². The Hall–Kier alpha value is -2.01. The molecule has 6 N–H and O–H groups in total. The van der Waals surface area contributed by atoms with Gasteiger partial charge in [-0.2, -0.15) is 4.98 Å². The number of aromatic amines is 1. The number of nitrogens with zero attached hydrogens (tertiary/aromatic N) is 3. The van der Waals surface area contributed by atoms with Gasteiger partial charge in [0.15, 0.2) is 17.4 Å². The smallest absolute Gasteiger partial charge is 0.283 e. The average Bonchev–Trinajstić information content (AvgIpc) is 2.98. The lowest BCUT2D eigenvalue weighted by atomic mass is 10.1. The Labute approximate surface area is 111 Å². The average molecular weight is 283 g/mol. The number of nitrogens with one attached hydrogen (secondary N) is 1. The number of imidazole rings is 1. The summed E-state index contributed by atoms with van der Waals surface area (Å²) in [5.41, 5.74) is 5.36. The maximum Gasteiger partial charge on any atom is 0.283 e. The SMILES string of the molecule is Nc1nc2nc[nH]c2c(=O)n1[C@@H]1O[C@H](CO)[C@@H](O)[C@@H]1O. The van der Waals surface area contributed by atoms with Crippen molar-refractivity contribution in [3.8, 4) is 0 Å². The number of anilines is 1. The number of H-pyrrole nitrogens is 1. The summed E-state index contributed by atoms with van der Waals surface area (Å²) in [5.74, 6) is -0.204. The van der Waals surface area contributed by atoms with Crippen molar-refractivity contribution in [2.45, 2.75) is 24.5 Å². The highest BCUT2D eigenvalue weighted by Gasteiger charge is 2.44. The van der Waals surface area contributed by atoms with Gasteiger partial charge in [0, 0.05) is 0 Å². The third-order valence-corrected chi connectivity index (χ3v) is 3.29. The van der Waals surface area contributed by atoms with Crippen molar-refractivity contribution in [1.29, 1.82) is 0 Å². The molecule has 10 heteroatoms. The first kappa shape index (κ1) is 13.0. The van der Waals surface area contributed by atoms with Crippen LogP contribution in [0.3, 0.4) is 0 Å². The topological polar surface area (TPSA) is 160 Å². The Kier molecular flexibility index (Phi) is 2.94. The highest BCUT2D eigenvalue weighted by molar-refractivity contribution is 5.69. The van der Waals surface area contributed by atoms with Gasteiger partial charge in [0.25, 0.3) is 5.56 Å². The summed E-state index contributed by atoms with van der Waals surface area (Å²) in [5, 5.41) is 28.7. The Balaban J connectivity index is 2.13. The van der Waals surface area contributed by atoms with Gasteiger partial charge in [-0.15, -0.1) is 0 Å². The number of hydrogen-bond acceptors (Lipinski definition) is 8. The minimum absolute atomic E-state index is 0.108. The first-order valence-corrected chi connectivity index (χ1v) is 5.88. The van der Waals surface area contributed by atoms with Crippen LogP contribution in [0, 0.1) is 0 Å². The van der Waals surface area contributed by atoms with Crippen molar-refractivity contribution < 1.29 is 20.1 Å². The molecule has 3 heterocycles. The minimum Gasteiger partial charge on any atom is -0.394 e. The first-order chi connectivity index (χ1) is 9.54. The molecule has 3 rings (SSSR count). The molecule has 4 atom stereocenters. The van der Waals surface area contributed by atoms with Crippen LogP contribution in [0.25, 0.3) is 11.2 Å². The third-order valence-electron chi connectivity index (χ3n) is 3.29. The van der Waals surface area contributed by atoms with E-state index in [4.69, 9.17) is 15.6 Å². The molecule has 1 aliphatic heterocycles. The molecular formula is C10H13N5O5. The zero-order valence-electron chi connectivity index (χ0n) is 10.2. The highest BCUT2D eigenvalue weighted by atomic mass is 16.6. The van der Waals surface area contributed by atoms with Crippen LogP contribution in [0.15, 0.2) is 11.1 Å². The molecule has 0 aliphatic carbocycles. The molecule has 0 amide bonds. The Morgan fingerprint density at radius 2 is 2.20 bits per heavy atom. The van der Waals surface area contributed by atoms with Gasteiger partial charge in [-0.05, 0) is 0 Å². The number of aromatic nitrogens is 4. The number of ether oxygens (including phenoxy) is 1. The number of nitrogen functional groups attached to an aromatic ring is 1. The summed E-state index contributed by atoms with van der Waals surface area (Å²) in [4.78, 5) is 22.6. The van der Waals surface area contributed by atoms with Crippen LogP contribution in [0.2, 0.25) is 0 Å². The monoisotopic (exact) mass is 283 g/mol. The van der Waals surface area contributed by atoms with E-state index in [1.807, 2.05) is 0 Å². The van der Waals surface area contributed by atoms with E-state index in [2.05, 4.69) is 15.0 Å². The van der Waals surface area contributed by atoms with Crippen molar-refractivity contribution in [3.63, 3.8) is 0 Å². The maximum atomic E-state index is 12.3. The van der Waals surface area contributed by atoms with Crippen LogP contribution in [-0.4, -0.2) is 59.8 Å². The molecule has 20 heavy (non-hydrogen) atoms. The van der Waals surface area contributed by atoms with Gasteiger partial charge in [0.1, 0.15) is 18.3 Å². The molecule has 2 aromatic rings. The van der Waals surface area contributed by atoms with E-state index < -0.39 is 36.7 Å². The second kappa shape index (κ2) is 4.52. The third kappa shape index (κ3) is 1.70. The van der Waals surface area contributed by atoms with E-state index in [1.165, 1.54) is 6.33 Å². The van der Waals surface area contributed by atoms with Crippen LogP contribution in [0.4, 0.5) is 5.95 Å². The molecule has 1 saturated heterocycles. The lowest BCUT2D eigenvalue weighted by Crippen LogP contribution is -2.36. The second-order valence-corrected chi connectivity index (χ2v) is 4.48. The van der Waals surface area contributed by atoms with E-state index in [0.717, 1.165) is 4.57 Å². The van der Waals surface area contributed by atoms with Gasteiger partial charge >= 0.3 is 0 Å². The summed E-state index contributed by atoms with van der Waals surface area (Å²) in [6.07, 6.45) is -3.67. The summed E-state index contributed by atoms with van der Waals surface area (Å²) in [6, 6.07) is 0. The van der Waals surface area contributed by atoms with Crippen LogP contribution in [0.5, 0.6) is 0 Å². The molecular weight excluding hydrogens is 270 g/mol. The fourth-order valence-corrected chi connectivity index (χ4v) is 2.26. The number of hydrogen-bond donors (Lipinski definition) is 5. The zero-order chi connectivity index (χ0) is 14.4. The Bertz CT molecular complexity index is 697. The van der Waals surface area contributed by atoms with Crippen molar-refractivity contribution in [2.75, 3.05) is 12.3 Å². The van der Waals surface area contributed by atoms with Crippen LogP contribution >= 0.6 is 0 Å². The molecule has 10 nitrogen and oxygen atoms in total. The summed E-state index contributed by atoms with van der Waals surface area (Å²) in [7, 11) is 0. The van der Waals surface area contributed by atoms with E-state index in [1.54, 1.807) is 0 Å². The van der Waals surface area contributed by atoms with Gasteiger partial charge in [0.2, 0.25) is 5.95 Å². The van der Waals surface area contributed by atoms with Crippen LogP contribution < -0.4 is 11.3 Å². The van der Waals surface area contributed by atoms with Crippen molar-refractivity contribution in [3.05, 3.63) is 16.7 Å².